The zero-order chi connectivity index (χ0) is 17.9. The lowest BCUT2D eigenvalue weighted by molar-refractivity contribution is 0.413. The third-order valence-corrected chi connectivity index (χ3v) is 4.64. The molecule has 3 aromatic carbocycles. The number of rotatable bonds is 5. The number of ether oxygens (including phenoxy) is 2. The molecule has 0 saturated carbocycles. The third-order valence-electron chi connectivity index (χ3n) is 4.64. The monoisotopic (exact) mass is 332 g/mol. The number of aryl methyl sites for hydroxylation is 1. The summed E-state index contributed by atoms with van der Waals surface area (Å²) in [5, 5.41) is 0. The molecule has 0 radical (unpaired) electrons. The van der Waals surface area contributed by atoms with Crippen molar-refractivity contribution in [2.75, 3.05) is 7.11 Å². The molecule has 0 heterocycles. The van der Waals surface area contributed by atoms with Crippen LogP contribution in [0.3, 0.4) is 0 Å². The number of hydrogen-bond donors (Lipinski definition) is 0. The van der Waals surface area contributed by atoms with E-state index < -0.39 is 0 Å². The second-order valence-corrected chi connectivity index (χ2v) is 6.79. The Morgan fingerprint density at radius 2 is 1.00 bits per heavy atom. The molecule has 0 aliphatic rings. The van der Waals surface area contributed by atoms with E-state index in [1.165, 1.54) is 16.7 Å². The topological polar surface area (TPSA) is 18.5 Å². The lowest BCUT2D eigenvalue weighted by atomic mass is 9.78. The summed E-state index contributed by atoms with van der Waals surface area (Å²) in [4.78, 5) is 0. The van der Waals surface area contributed by atoms with Crippen molar-refractivity contribution in [3.05, 3.63) is 89.5 Å². The molecule has 0 N–H and O–H groups in total. The van der Waals surface area contributed by atoms with Gasteiger partial charge in [0.05, 0.1) is 7.11 Å². The molecule has 0 aliphatic carbocycles. The second-order valence-electron chi connectivity index (χ2n) is 6.79. The van der Waals surface area contributed by atoms with Crippen LogP contribution in [0.5, 0.6) is 17.2 Å². The summed E-state index contributed by atoms with van der Waals surface area (Å²) in [6.45, 7) is 6.61. The number of benzene rings is 3. The van der Waals surface area contributed by atoms with Crippen molar-refractivity contribution in [2.24, 2.45) is 0 Å². The molecule has 2 nitrogen and oxygen atoms in total. The standard InChI is InChI=1S/C23H24O2/c1-17-5-7-18(8-6-17)23(2,3)19-9-11-21(12-10-19)25-22-15-13-20(24-4)14-16-22/h5-16H,1-4H3. The van der Waals surface area contributed by atoms with Gasteiger partial charge < -0.3 is 9.47 Å². The van der Waals surface area contributed by atoms with E-state index in [1.54, 1.807) is 7.11 Å². The lowest BCUT2D eigenvalue weighted by Crippen LogP contribution is -2.18. The Kier molecular flexibility index (Phi) is 4.80. The third kappa shape index (κ3) is 3.85. The van der Waals surface area contributed by atoms with Crippen LogP contribution in [0.15, 0.2) is 72.8 Å². The van der Waals surface area contributed by atoms with Crippen LogP contribution in [0.1, 0.15) is 30.5 Å². The van der Waals surface area contributed by atoms with E-state index in [0.717, 1.165) is 17.2 Å². The van der Waals surface area contributed by atoms with Crippen molar-refractivity contribution in [2.45, 2.75) is 26.2 Å². The van der Waals surface area contributed by atoms with E-state index in [2.05, 4.69) is 57.2 Å². The average Bonchev–Trinajstić information content (AvgIpc) is 2.63. The first-order chi connectivity index (χ1) is 12.0. The highest BCUT2D eigenvalue weighted by atomic mass is 16.5. The van der Waals surface area contributed by atoms with Crippen LogP contribution in [0.4, 0.5) is 0 Å². The Morgan fingerprint density at radius 3 is 1.48 bits per heavy atom. The maximum atomic E-state index is 5.91. The number of methoxy groups -OCH3 is 1. The van der Waals surface area contributed by atoms with E-state index in [0.29, 0.717) is 0 Å². The van der Waals surface area contributed by atoms with Crippen LogP contribution < -0.4 is 9.47 Å². The second kappa shape index (κ2) is 7.02. The van der Waals surface area contributed by atoms with Crippen molar-refractivity contribution < 1.29 is 9.47 Å². The molecular weight excluding hydrogens is 308 g/mol. The van der Waals surface area contributed by atoms with Gasteiger partial charge in [0.25, 0.3) is 0 Å². The van der Waals surface area contributed by atoms with Crippen LogP contribution in [0.2, 0.25) is 0 Å². The first-order valence-electron chi connectivity index (χ1n) is 8.48. The predicted octanol–water partition coefficient (Wildman–Crippen LogP) is 6.12. The van der Waals surface area contributed by atoms with Gasteiger partial charge in [0.1, 0.15) is 17.2 Å². The van der Waals surface area contributed by atoms with Gasteiger partial charge in [-0.15, -0.1) is 0 Å². The fourth-order valence-corrected chi connectivity index (χ4v) is 2.86. The SMILES string of the molecule is COc1ccc(Oc2ccc(C(C)(C)c3ccc(C)cc3)cc2)cc1. The first kappa shape index (κ1) is 17.1. The molecule has 0 spiro atoms. The Labute approximate surface area is 150 Å². The van der Waals surface area contributed by atoms with Gasteiger partial charge in [0.15, 0.2) is 0 Å². The van der Waals surface area contributed by atoms with E-state index in [1.807, 2.05) is 36.4 Å². The van der Waals surface area contributed by atoms with Crippen LogP contribution >= 0.6 is 0 Å². The summed E-state index contributed by atoms with van der Waals surface area (Å²) >= 11 is 0. The smallest absolute Gasteiger partial charge is 0.127 e. The fraction of sp³-hybridized carbons (Fsp3) is 0.217. The lowest BCUT2D eigenvalue weighted by Gasteiger charge is -2.26. The molecule has 0 amide bonds. The summed E-state index contributed by atoms with van der Waals surface area (Å²) in [7, 11) is 1.66. The molecule has 3 aromatic rings. The van der Waals surface area contributed by atoms with Crippen LogP contribution in [-0.4, -0.2) is 7.11 Å². The molecule has 0 aliphatic heterocycles. The van der Waals surface area contributed by atoms with Gasteiger partial charge in [-0.05, 0) is 54.4 Å². The van der Waals surface area contributed by atoms with Crippen molar-refractivity contribution in [1.29, 1.82) is 0 Å². The van der Waals surface area contributed by atoms with Crippen LogP contribution in [0.25, 0.3) is 0 Å². The summed E-state index contributed by atoms with van der Waals surface area (Å²) < 4.78 is 11.1. The zero-order valence-corrected chi connectivity index (χ0v) is 15.2. The highest BCUT2D eigenvalue weighted by Crippen LogP contribution is 2.33. The summed E-state index contributed by atoms with van der Waals surface area (Å²) in [6.07, 6.45) is 0. The normalized spacial score (nSPS) is 11.2. The summed E-state index contributed by atoms with van der Waals surface area (Å²) in [6, 6.07) is 24.7. The average molecular weight is 332 g/mol. The van der Waals surface area contributed by atoms with Crippen molar-refractivity contribution in [1.82, 2.24) is 0 Å². The van der Waals surface area contributed by atoms with Crippen LogP contribution in [-0.2, 0) is 5.41 Å². The van der Waals surface area contributed by atoms with Gasteiger partial charge in [-0.3, -0.25) is 0 Å². The minimum absolute atomic E-state index is 0.0493. The molecule has 25 heavy (non-hydrogen) atoms. The number of hydrogen-bond acceptors (Lipinski definition) is 2. The van der Waals surface area contributed by atoms with Gasteiger partial charge in [-0.1, -0.05) is 55.8 Å². The van der Waals surface area contributed by atoms with E-state index in [-0.39, 0.29) is 5.41 Å². The Hall–Kier alpha value is -2.74. The largest absolute Gasteiger partial charge is 0.497 e. The van der Waals surface area contributed by atoms with Crippen molar-refractivity contribution in [3.63, 3.8) is 0 Å². The Balaban J connectivity index is 1.77. The maximum Gasteiger partial charge on any atom is 0.127 e. The predicted molar refractivity (Wildman–Crippen MR) is 103 cm³/mol. The molecule has 128 valence electrons. The Morgan fingerprint density at radius 1 is 0.600 bits per heavy atom. The van der Waals surface area contributed by atoms with Gasteiger partial charge in [-0.25, -0.2) is 0 Å². The quantitative estimate of drug-likeness (QED) is 0.560. The molecule has 3 rings (SSSR count). The molecule has 0 aromatic heterocycles. The summed E-state index contributed by atoms with van der Waals surface area (Å²) in [5.41, 5.74) is 3.80. The van der Waals surface area contributed by atoms with E-state index in [9.17, 15) is 0 Å². The first-order valence-corrected chi connectivity index (χ1v) is 8.48. The maximum absolute atomic E-state index is 5.91. The van der Waals surface area contributed by atoms with Gasteiger partial charge in [0, 0.05) is 5.41 Å². The molecule has 2 heteroatoms. The molecule has 0 atom stereocenters. The zero-order valence-electron chi connectivity index (χ0n) is 15.2. The van der Waals surface area contributed by atoms with Crippen molar-refractivity contribution >= 4 is 0 Å². The molecule has 0 saturated heterocycles. The highest BCUT2D eigenvalue weighted by molar-refractivity contribution is 5.42. The van der Waals surface area contributed by atoms with Gasteiger partial charge in [0.2, 0.25) is 0 Å². The molecule has 0 bridgehead atoms. The Bertz CT molecular complexity index is 813. The van der Waals surface area contributed by atoms with E-state index in [4.69, 9.17) is 9.47 Å². The van der Waals surface area contributed by atoms with E-state index >= 15 is 0 Å². The summed E-state index contributed by atoms with van der Waals surface area (Å²) in [5.74, 6) is 2.45. The highest BCUT2D eigenvalue weighted by Gasteiger charge is 2.22. The van der Waals surface area contributed by atoms with Crippen LogP contribution in [0, 0.1) is 6.92 Å². The van der Waals surface area contributed by atoms with Crippen molar-refractivity contribution in [3.8, 4) is 17.2 Å². The van der Waals surface area contributed by atoms with Gasteiger partial charge in [-0.2, -0.15) is 0 Å². The minimum atomic E-state index is -0.0493. The molecule has 0 fully saturated rings. The minimum Gasteiger partial charge on any atom is -0.497 e. The fourth-order valence-electron chi connectivity index (χ4n) is 2.86. The van der Waals surface area contributed by atoms with Gasteiger partial charge >= 0.3 is 0 Å². The molecule has 0 unspecified atom stereocenters. The molecular formula is C23H24O2.